The average Bonchev–Trinajstić information content (AvgIpc) is 2.80. The Labute approximate surface area is 114 Å². The molecular formula is C9H10Br2N4S. The van der Waals surface area contributed by atoms with Crippen LogP contribution in [-0.2, 0) is 7.05 Å². The lowest BCUT2D eigenvalue weighted by Crippen LogP contribution is -2.20. The molecule has 0 saturated carbocycles. The molecule has 0 aromatic carbocycles. The molecular weight excluding hydrogens is 356 g/mol. The van der Waals surface area contributed by atoms with Crippen LogP contribution >= 0.6 is 43.2 Å². The molecule has 4 nitrogen and oxygen atoms in total. The van der Waals surface area contributed by atoms with Gasteiger partial charge >= 0.3 is 0 Å². The van der Waals surface area contributed by atoms with Crippen molar-refractivity contribution in [3.05, 3.63) is 31.1 Å². The Kier molecular flexibility index (Phi) is 3.78. The zero-order valence-electron chi connectivity index (χ0n) is 8.74. The van der Waals surface area contributed by atoms with Crippen LogP contribution in [0.4, 0.5) is 0 Å². The number of nitrogens with one attached hydrogen (secondary N) is 1. The van der Waals surface area contributed by atoms with Crippen molar-refractivity contribution in [1.82, 2.24) is 20.3 Å². The van der Waals surface area contributed by atoms with Crippen molar-refractivity contribution in [3.8, 4) is 0 Å². The first kappa shape index (κ1) is 12.2. The number of hydrogen-bond acceptors (Lipinski definition) is 4. The summed E-state index contributed by atoms with van der Waals surface area (Å²) in [6.45, 7) is 0. The highest BCUT2D eigenvalue weighted by atomic mass is 79.9. The molecule has 0 spiro atoms. The van der Waals surface area contributed by atoms with Crippen molar-refractivity contribution in [1.29, 1.82) is 0 Å². The highest BCUT2D eigenvalue weighted by Crippen LogP contribution is 2.32. The van der Waals surface area contributed by atoms with Crippen molar-refractivity contribution in [2.75, 3.05) is 7.05 Å². The predicted molar refractivity (Wildman–Crippen MR) is 71.6 cm³/mol. The van der Waals surface area contributed by atoms with Crippen molar-refractivity contribution in [2.24, 2.45) is 7.05 Å². The van der Waals surface area contributed by atoms with E-state index in [1.807, 2.05) is 14.1 Å². The first-order valence-corrected chi connectivity index (χ1v) is 7.06. The zero-order valence-corrected chi connectivity index (χ0v) is 12.7. The number of halogens is 2. The van der Waals surface area contributed by atoms with Gasteiger partial charge in [-0.3, -0.25) is 0 Å². The summed E-state index contributed by atoms with van der Waals surface area (Å²) in [5.41, 5.74) is 1.02. The van der Waals surface area contributed by atoms with E-state index in [2.05, 4.69) is 58.9 Å². The Morgan fingerprint density at radius 2 is 2.25 bits per heavy atom. The van der Waals surface area contributed by atoms with Gasteiger partial charge in [-0.25, -0.2) is 4.68 Å². The van der Waals surface area contributed by atoms with E-state index in [1.54, 1.807) is 16.0 Å². The van der Waals surface area contributed by atoms with Crippen LogP contribution in [0.1, 0.15) is 16.6 Å². The first-order chi connectivity index (χ1) is 7.63. The molecule has 0 amide bonds. The normalized spacial score (nSPS) is 13.0. The van der Waals surface area contributed by atoms with Gasteiger partial charge in [0.1, 0.15) is 0 Å². The Morgan fingerprint density at radius 1 is 1.50 bits per heavy atom. The molecule has 0 radical (unpaired) electrons. The molecule has 7 heteroatoms. The Bertz CT molecular complexity index is 474. The molecule has 1 unspecified atom stereocenters. The van der Waals surface area contributed by atoms with Crippen LogP contribution in [0.5, 0.6) is 0 Å². The molecule has 0 bridgehead atoms. The smallest absolute Gasteiger partial charge is 0.153 e. The van der Waals surface area contributed by atoms with E-state index in [0.717, 1.165) is 14.8 Å². The van der Waals surface area contributed by atoms with E-state index in [0.29, 0.717) is 0 Å². The fourth-order valence-corrected chi connectivity index (χ4v) is 3.65. The van der Waals surface area contributed by atoms with Crippen LogP contribution in [0.25, 0.3) is 0 Å². The largest absolute Gasteiger partial charge is 0.307 e. The van der Waals surface area contributed by atoms with Crippen molar-refractivity contribution in [3.63, 3.8) is 0 Å². The number of aryl methyl sites for hydroxylation is 1. The molecule has 0 aliphatic heterocycles. The minimum absolute atomic E-state index is 0.102. The van der Waals surface area contributed by atoms with Gasteiger partial charge in [0.25, 0.3) is 0 Å². The summed E-state index contributed by atoms with van der Waals surface area (Å²) in [5, 5.41) is 13.3. The van der Waals surface area contributed by atoms with Gasteiger partial charge in [0.05, 0.1) is 11.7 Å². The minimum Gasteiger partial charge on any atom is -0.307 e. The van der Waals surface area contributed by atoms with E-state index in [9.17, 15) is 0 Å². The van der Waals surface area contributed by atoms with Crippen LogP contribution in [0.3, 0.4) is 0 Å². The molecule has 2 rings (SSSR count). The summed E-state index contributed by atoms with van der Waals surface area (Å²) in [6, 6.07) is 2.20. The van der Waals surface area contributed by atoms with Crippen LogP contribution in [0.2, 0.25) is 0 Å². The van der Waals surface area contributed by atoms with Crippen molar-refractivity contribution >= 4 is 43.2 Å². The van der Waals surface area contributed by atoms with Gasteiger partial charge in [0.2, 0.25) is 0 Å². The summed E-state index contributed by atoms with van der Waals surface area (Å²) in [6.07, 6.45) is 0. The summed E-state index contributed by atoms with van der Waals surface area (Å²) in [4.78, 5) is 1.22. The Hall–Kier alpha value is -0.240. The molecule has 16 heavy (non-hydrogen) atoms. The minimum atomic E-state index is 0.102. The predicted octanol–water partition coefficient (Wildman–Crippen LogP) is 2.71. The lowest BCUT2D eigenvalue weighted by molar-refractivity contribution is 0.603. The number of thiophene rings is 1. The highest BCUT2D eigenvalue weighted by molar-refractivity contribution is 9.10. The molecule has 86 valence electrons. The number of aromatic nitrogens is 3. The topological polar surface area (TPSA) is 42.7 Å². The molecule has 2 heterocycles. The molecule has 1 N–H and O–H groups in total. The summed E-state index contributed by atoms with van der Waals surface area (Å²) in [7, 11) is 3.82. The van der Waals surface area contributed by atoms with Gasteiger partial charge in [-0.15, -0.1) is 16.4 Å². The van der Waals surface area contributed by atoms with Crippen molar-refractivity contribution in [2.45, 2.75) is 6.04 Å². The van der Waals surface area contributed by atoms with E-state index < -0.39 is 0 Å². The molecule has 2 aromatic rings. The fourth-order valence-electron chi connectivity index (χ4n) is 1.54. The van der Waals surface area contributed by atoms with Gasteiger partial charge < -0.3 is 5.32 Å². The monoisotopic (exact) mass is 364 g/mol. The van der Waals surface area contributed by atoms with E-state index in [-0.39, 0.29) is 6.04 Å². The van der Waals surface area contributed by atoms with Gasteiger partial charge in [-0.05, 0) is 45.0 Å². The Balaban J connectivity index is 2.44. The Morgan fingerprint density at radius 3 is 2.69 bits per heavy atom. The van der Waals surface area contributed by atoms with E-state index in [1.165, 1.54) is 4.88 Å². The SMILES string of the molecule is CNC(c1cc(Br)cs1)c1c(Br)nnn1C. The maximum Gasteiger partial charge on any atom is 0.153 e. The molecule has 0 aliphatic carbocycles. The number of nitrogens with zero attached hydrogens (tertiary/aromatic N) is 3. The summed E-state index contributed by atoms with van der Waals surface area (Å²) >= 11 is 8.58. The lowest BCUT2D eigenvalue weighted by atomic mass is 10.2. The molecule has 0 aliphatic rings. The molecule has 1 atom stereocenters. The molecule has 2 aromatic heterocycles. The fraction of sp³-hybridized carbons (Fsp3) is 0.333. The summed E-state index contributed by atoms with van der Waals surface area (Å²) in [5.74, 6) is 0. The third-order valence-electron chi connectivity index (χ3n) is 2.26. The maximum absolute atomic E-state index is 4.00. The maximum atomic E-state index is 4.00. The van der Waals surface area contributed by atoms with E-state index >= 15 is 0 Å². The third kappa shape index (κ3) is 2.22. The van der Waals surface area contributed by atoms with Crippen LogP contribution in [0, 0.1) is 0 Å². The summed E-state index contributed by atoms with van der Waals surface area (Å²) < 4.78 is 3.65. The first-order valence-electron chi connectivity index (χ1n) is 4.59. The second-order valence-corrected chi connectivity index (χ2v) is 5.89. The second-order valence-electron chi connectivity index (χ2n) is 3.28. The molecule has 0 saturated heterocycles. The second kappa shape index (κ2) is 4.95. The van der Waals surface area contributed by atoms with Crippen LogP contribution < -0.4 is 5.32 Å². The highest BCUT2D eigenvalue weighted by Gasteiger charge is 2.21. The van der Waals surface area contributed by atoms with Gasteiger partial charge in [0, 0.05) is 21.8 Å². The van der Waals surface area contributed by atoms with Crippen LogP contribution in [0.15, 0.2) is 20.5 Å². The van der Waals surface area contributed by atoms with Gasteiger partial charge in [-0.2, -0.15) is 0 Å². The number of rotatable bonds is 3. The molecule has 0 fully saturated rings. The van der Waals surface area contributed by atoms with Crippen molar-refractivity contribution < 1.29 is 0 Å². The van der Waals surface area contributed by atoms with Gasteiger partial charge in [-0.1, -0.05) is 5.21 Å². The standard InChI is InChI=1S/C9H10Br2N4S/c1-12-7(6-3-5(10)4-16-6)8-9(11)13-14-15(8)2/h3-4,7,12H,1-2H3. The third-order valence-corrected chi connectivity index (χ3v) is 4.58. The number of hydrogen-bond donors (Lipinski definition) is 1. The lowest BCUT2D eigenvalue weighted by Gasteiger charge is -2.14. The quantitative estimate of drug-likeness (QED) is 0.909. The zero-order chi connectivity index (χ0) is 11.7. The van der Waals surface area contributed by atoms with Gasteiger partial charge in [0.15, 0.2) is 4.60 Å². The van der Waals surface area contributed by atoms with Crippen LogP contribution in [-0.4, -0.2) is 22.0 Å². The average molecular weight is 366 g/mol. The van der Waals surface area contributed by atoms with E-state index in [4.69, 9.17) is 0 Å².